The van der Waals surface area contributed by atoms with E-state index in [1.165, 1.54) is 11.3 Å². The molecule has 1 aromatic heterocycles. The summed E-state index contributed by atoms with van der Waals surface area (Å²) < 4.78 is 0. The number of carbonyl (C=O) groups is 2. The normalized spacial score (nSPS) is 20.2. The standard InChI is InChI=1S/C19H23N3O2S/c1-11-9-13(16(20)23)12-7-5-6-8-14(12)22(11)17(24)15-10-21-18(25-15)19(2,3)4/h5-8,10-11,13H,9H2,1-4H3,(H2,20,23). The Morgan fingerprint density at radius 2 is 1.96 bits per heavy atom. The van der Waals surface area contributed by atoms with Crippen LogP contribution in [-0.4, -0.2) is 22.8 Å². The number of hydrogen-bond acceptors (Lipinski definition) is 4. The van der Waals surface area contributed by atoms with Crippen molar-refractivity contribution in [1.82, 2.24) is 4.98 Å². The highest BCUT2D eigenvalue weighted by Gasteiger charge is 2.37. The second kappa shape index (κ2) is 6.26. The number of thiazole rings is 1. The summed E-state index contributed by atoms with van der Waals surface area (Å²) in [6, 6.07) is 7.40. The van der Waals surface area contributed by atoms with Crippen LogP contribution in [0.25, 0.3) is 0 Å². The maximum atomic E-state index is 13.2. The van der Waals surface area contributed by atoms with Gasteiger partial charge in [0.25, 0.3) is 5.91 Å². The fourth-order valence-corrected chi connectivity index (χ4v) is 4.14. The molecule has 2 heterocycles. The van der Waals surface area contributed by atoms with Crippen molar-refractivity contribution in [2.75, 3.05) is 4.90 Å². The predicted octanol–water partition coefficient (Wildman–Crippen LogP) is 3.45. The molecule has 2 amide bonds. The van der Waals surface area contributed by atoms with Crippen molar-refractivity contribution in [2.45, 2.75) is 51.5 Å². The number of carbonyl (C=O) groups excluding carboxylic acids is 2. The van der Waals surface area contributed by atoms with Crippen LogP contribution in [0.3, 0.4) is 0 Å². The molecular weight excluding hydrogens is 334 g/mol. The summed E-state index contributed by atoms with van der Waals surface area (Å²) in [5.74, 6) is -0.781. The third kappa shape index (κ3) is 3.18. The van der Waals surface area contributed by atoms with E-state index >= 15 is 0 Å². The molecule has 1 aliphatic rings. The van der Waals surface area contributed by atoms with Crippen LogP contribution in [0.1, 0.15) is 60.3 Å². The van der Waals surface area contributed by atoms with Crippen molar-refractivity contribution in [1.29, 1.82) is 0 Å². The average Bonchev–Trinajstić information content (AvgIpc) is 3.03. The Hall–Kier alpha value is -2.21. The number of para-hydroxylation sites is 1. The van der Waals surface area contributed by atoms with Gasteiger partial charge in [-0.05, 0) is 25.0 Å². The lowest BCUT2D eigenvalue weighted by molar-refractivity contribution is -0.119. The third-order valence-corrected chi connectivity index (χ3v) is 5.92. The predicted molar refractivity (Wildman–Crippen MR) is 100 cm³/mol. The molecule has 2 atom stereocenters. The first-order chi connectivity index (χ1) is 11.7. The van der Waals surface area contributed by atoms with Gasteiger partial charge in [-0.25, -0.2) is 4.98 Å². The number of fused-ring (bicyclic) bond motifs is 1. The lowest BCUT2D eigenvalue weighted by Crippen LogP contribution is -2.45. The molecule has 132 valence electrons. The van der Waals surface area contributed by atoms with Crippen LogP contribution >= 0.6 is 11.3 Å². The Morgan fingerprint density at radius 1 is 1.28 bits per heavy atom. The van der Waals surface area contributed by atoms with Gasteiger partial charge in [-0.1, -0.05) is 39.0 Å². The summed E-state index contributed by atoms with van der Waals surface area (Å²) in [5, 5.41) is 0.934. The van der Waals surface area contributed by atoms with E-state index in [1.54, 1.807) is 11.1 Å². The van der Waals surface area contributed by atoms with Crippen LogP contribution in [0.4, 0.5) is 5.69 Å². The Balaban J connectivity index is 2.01. The molecule has 1 aromatic carbocycles. The van der Waals surface area contributed by atoms with E-state index in [9.17, 15) is 9.59 Å². The minimum absolute atomic E-state index is 0.0733. The van der Waals surface area contributed by atoms with Crippen molar-refractivity contribution in [2.24, 2.45) is 5.73 Å². The number of aromatic nitrogens is 1. The monoisotopic (exact) mass is 357 g/mol. The zero-order valence-electron chi connectivity index (χ0n) is 14.9. The number of amides is 2. The van der Waals surface area contributed by atoms with Crippen molar-refractivity contribution in [3.05, 3.63) is 45.9 Å². The molecule has 2 N–H and O–H groups in total. The Kier molecular flexibility index (Phi) is 4.41. The molecule has 0 radical (unpaired) electrons. The highest BCUT2D eigenvalue weighted by molar-refractivity contribution is 7.13. The largest absolute Gasteiger partial charge is 0.369 e. The molecule has 25 heavy (non-hydrogen) atoms. The molecule has 0 saturated heterocycles. The van der Waals surface area contributed by atoms with E-state index in [0.29, 0.717) is 11.3 Å². The molecule has 3 rings (SSSR count). The van der Waals surface area contributed by atoms with Gasteiger partial charge in [0.15, 0.2) is 0 Å². The van der Waals surface area contributed by atoms with Crippen LogP contribution in [0.5, 0.6) is 0 Å². The number of nitrogens with two attached hydrogens (primary N) is 1. The highest BCUT2D eigenvalue weighted by Crippen LogP contribution is 2.39. The fourth-order valence-electron chi connectivity index (χ4n) is 3.23. The van der Waals surface area contributed by atoms with E-state index < -0.39 is 0 Å². The number of hydrogen-bond donors (Lipinski definition) is 1. The van der Waals surface area contributed by atoms with E-state index in [-0.39, 0.29) is 29.2 Å². The Bertz CT molecular complexity index is 822. The second-order valence-electron chi connectivity index (χ2n) is 7.55. The average molecular weight is 357 g/mol. The summed E-state index contributed by atoms with van der Waals surface area (Å²) in [6.45, 7) is 8.19. The van der Waals surface area contributed by atoms with Gasteiger partial charge >= 0.3 is 0 Å². The van der Waals surface area contributed by atoms with Gasteiger partial charge in [-0.15, -0.1) is 11.3 Å². The van der Waals surface area contributed by atoms with Crippen molar-refractivity contribution in [3.8, 4) is 0 Å². The summed E-state index contributed by atoms with van der Waals surface area (Å²) in [5.41, 5.74) is 7.07. The quantitative estimate of drug-likeness (QED) is 0.894. The van der Waals surface area contributed by atoms with E-state index in [1.807, 2.05) is 31.2 Å². The maximum absolute atomic E-state index is 13.2. The summed E-state index contributed by atoms with van der Waals surface area (Å²) in [6.07, 6.45) is 2.19. The van der Waals surface area contributed by atoms with Gasteiger partial charge in [-0.2, -0.15) is 0 Å². The number of primary amides is 1. The van der Waals surface area contributed by atoms with Gasteiger partial charge in [0.2, 0.25) is 5.91 Å². The minimum Gasteiger partial charge on any atom is -0.369 e. The second-order valence-corrected chi connectivity index (χ2v) is 8.58. The highest BCUT2D eigenvalue weighted by atomic mass is 32.1. The zero-order chi connectivity index (χ0) is 18.4. The van der Waals surface area contributed by atoms with E-state index in [4.69, 9.17) is 5.73 Å². The molecular formula is C19H23N3O2S. The third-order valence-electron chi connectivity index (χ3n) is 4.51. The van der Waals surface area contributed by atoms with Gasteiger partial charge in [0, 0.05) is 17.1 Å². The zero-order valence-corrected chi connectivity index (χ0v) is 15.8. The lowest BCUT2D eigenvalue weighted by atomic mass is 9.85. The SMILES string of the molecule is CC1CC(C(N)=O)c2ccccc2N1C(=O)c1cnc(C(C)(C)C)s1. The van der Waals surface area contributed by atoms with Gasteiger partial charge in [0.05, 0.1) is 17.1 Å². The lowest BCUT2D eigenvalue weighted by Gasteiger charge is -2.38. The van der Waals surface area contributed by atoms with Crippen molar-refractivity contribution < 1.29 is 9.59 Å². The van der Waals surface area contributed by atoms with Crippen LogP contribution in [0.2, 0.25) is 0 Å². The molecule has 5 nitrogen and oxygen atoms in total. The minimum atomic E-state index is -0.359. The molecule has 0 bridgehead atoms. The maximum Gasteiger partial charge on any atom is 0.270 e. The van der Waals surface area contributed by atoms with Crippen LogP contribution in [0.15, 0.2) is 30.5 Å². The number of benzene rings is 1. The van der Waals surface area contributed by atoms with Crippen LogP contribution < -0.4 is 10.6 Å². The Labute approximate surface area is 151 Å². The first-order valence-corrected chi connectivity index (χ1v) is 9.20. The smallest absolute Gasteiger partial charge is 0.270 e. The topological polar surface area (TPSA) is 76.3 Å². The summed E-state index contributed by atoms with van der Waals surface area (Å²) in [4.78, 5) is 31.8. The first-order valence-electron chi connectivity index (χ1n) is 8.38. The number of anilines is 1. The van der Waals surface area contributed by atoms with Gasteiger partial charge < -0.3 is 10.6 Å². The van der Waals surface area contributed by atoms with Crippen LogP contribution in [0, 0.1) is 0 Å². The molecule has 0 spiro atoms. The van der Waals surface area contributed by atoms with E-state index in [0.717, 1.165) is 16.3 Å². The first kappa shape index (κ1) is 17.6. The van der Waals surface area contributed by atoms with Gasteiger partial charge in [0.1, 0.15) is 4.88 Å². The summed E-state index contributed by atoms with van der Waals surface area (Å²) in [7, 11) is 0. The van der Waals surface area contributed by atoms with E-state index in [2.05, 4.69) is 25.8 Å². The molecule has 0 aliphatic carbocycles. The molecule has 0 fully saturated rings. The molecule has 1 aliphatic heterocycles. The van der Waals surface area contributed by atoms with Crippen molar-refractivity contribution in [3.63, 3.8) is 0 Å². The molecule has 0 saturated carbocycles. The molecule has 2 aromatic rings. The fraction of sp³-hybridized carbons (Fsp3) is 0.421. The van der Waals surface area contributed by atoms with Crippen molar-refractivity contribution >= 4 is 28.8 Å². The van der Waals surface area contributed by atoms with Crippen LogP contribution in [-0.2, 0) is 10.2 Å². The number of nitrogens with zero attached hydrogens (tertiary/aromatic N) is 2. The van der Waals surface area contributed by atoms with Gasteiger partial charge in [-0.3, -0.25) is 9.59 Å². The molecule has 2 unspecified atom stereocenters. The summed E-state index contributed by atoms with van der Waals surface area (Å²) >= 11 is 1.43. The Morgan fingerprint density at radius 3 is 2.56 bits per heavy atom. The molecule has 6 heteroatoms. The number of rotatable bonds is 2.